The summed E-state index contributed by atoms with van der Waals surface area (Å²) in [6.07, 6.45) is 7.03. The van der Waals surface area contributed by atoms with Gasteiger partial charge in [-0.05, 0) is 37.3 Å². The van der Waals surface area contributed by atoms with Gasteiger partial charge in [0, 0.05) is 0 Å². The highest BCUT2D eigenvalue weighted by Gasteiger charge is 2.04. The van der Waals surface area contributed by atoms with Crippen molar-refractivity contribution >= 4 is 0 Å². The highest BCUT2D eigenvalue weighted by Crippen LogP contribution is 2.19. The number of nitrogens with zero attached hydrogens (tertiary/aromatic N) is 2. The summed E-state index contributed by atoms with van der Waals surface area (Å²) in [5, 5.41) is 17.7. The fourth-order valence-corrected chi connectivity index (χ4v) is 1.25. The van der Waals surface area contributed by atoms with Gasteiger partial charge in [-0.25, -0.2) is 0 Å². The fourth-order valence-electron chi connectivity index (χ4n) is 1.25. The Morgan fingerprint density at radius 1 is 1.28 bits per heavy atom. The maximum Gasteiger partial charge on any atom is 0.128 e. The molecule has 3 heteroatoms. The van der Waals surface area contributed by atoms with E-state index in [0.717, 1.165) is 0 Å². The summed E-state index contributed by atoms with van der Waals surface area (Å²) in [4.78, 5) is 0. The van der Waals surface area contributed by atoms with Crippen molar-refractivity contribution in [3.8, 4) is 17.9 Å². The zero-order chi connectivity index (χ0) is 13.4. The van der Waals surface area contributed by atoms with E-state index in [2.05, 4.69) is 6.58 Å². The summed E-state index contributed by atoms with van der Waals surface area (Å²) in [6.45, 7) is 5.54. The summed E-state index contributed by atoms with van der Waals surface area (Å²) in [6, 6.07) is 8.65. The van der Waals surface area contributed by atoms with Gasteiger partial charge < -0.3 is 4.74 Å². The van der Waals surface area contributed by atoms with E-state index in [4.69, 9.17) is 15.3 Å². The summed E-state index contributed by atoms with van der Waals surface area (Å²) < 4.78 is 5.54. The van der Waals surface area contributed by atoms with E-state index in [0.29, 0.717) is 22.6 Å². The lowest BCUT2D eigenvalue weighted by molar-refractivity contribution is 0.444. The summed E-state index contributed by atoms with van der Waals surface area (Å²) >= 11 is 0. The molecule has 0 bridgehead atoms. The Labute approximate surface area is 107 Å². The van der Waals surface area contributed by atoms with Crippen LogP contribution in [0.25, 0.3) is 0 Å². The van der Waals surface area contributed by atoms with Crippen LogP contribution in [0.15, 0.2) is 54.8 Å². The molecule has 1 rings (SSSR count). The number of rotatable bonds is 4. The Kier molecular flexibility index (Phi) is 4.97. The minimum atomic E-state index is 0.296. The molecule has 3 nitrogen and oxygen atoms in total. The van der Waals surface area contributed by atoms with Crippen LogP contribution in [0.1, 0.15) is 18.1 Å². The number of ether oxygens (including phenoxy) is 1. The number of nitriles is 2. The quantitative estimate of drug-likeness (QED) is 0.594. The molecule has 0 amide bonds. The molecule has 0 aliphatic carbocycles. The predicted octanol–water partition coefficient (Wildman–Crippen LogP) is 3.45. The molecule has 88 valence electrons. The van der Waals surface area contributed by atoms with Gasteiger partial charge in [-0.3, -0.25) is 0 Å². The molecule has 0 atom stereocenters. The lowest BCUT2D eigenvalue weighted by Gasteiger charge is -2.06. The average molecular weight is 236 g/mol. The molecular weight excluding hydrogens is 224 g/mol. The van der Waals surface area contributed by atoms with Crippen LogP contribution in [0.3, 0.4) is 0 Å². The minimum absolute atomic E-state index is 0.296. The van der Waals surface area contributed by atoms with Crippen molar-refractivity contribution < 1.29 is 4.74 Å². The first kappa shape index (κ1) is 13.3. The Morgan fingerprint density at radius 3 is 2.56 bits per heavy atom. The molecular formula is C15H12N2O. The van der Waals surface area contributed by atoms with Crippen molar-refractivity contribution in [1.82, 2.24) is 0 Å². The van der Waals surface area contributed by atoms with Crippen LogP contribution in [0.4, 0.5) is 0 Å². The molecule has 0 saturated heterocycles. The number of allylic oxidation sites excluding steroid dienone is 4. The Hall–Kier alpha value is -2.78. The SMILES string of the molecule is C=C/C(=C\C=C/C)Oc1ccc(C#N)c(C#N)c1. The normalized spacial score (nSPS) is 10.7. The second-order valence-corrected chi connectivity index (χ2v) is 3.33. The van der Waals surface area contributed by atoms with Gasteiger partial charge in [0.05, 0.1) is 11.1 Å². The molecule has 18 heavy (non-hydrogen) atoms. The van der Waals surface area contributed by atoms with Crippen molar-refractivity contribution in [3.05, 3.63) is 66.0 Å². The third-order valence-electron chi connectivity index (χ3n) is 2.12. The molecule has 0 N–H and O–H groups in total. The molecule has 0 radical (unpaired) electrons. The topological polar surface area (TPSA) is 56.8 Å². The Morgan fingerprint density at radius 2 is 2.00 bits per heavy atom. The number of benzene rings is 1. The Balaban J connectivity index is 3.03. The highest BCUT2D eigenvalue weighted by molar-refractivity contribution is 5.49. The first-order valence-corrected chi connectivity index (χ1v) is 5.32. The zero-order valence-electron chi connectivity index (χ0n) is 10.1. The summed E-state index contributed by atoms with van der Waals surface area (Å²) in [5.74, 6) is 1.07. The maximum atomic E-state index is 8.90. The van der Waals surface area contributed by atoms with E-state index in [1.165, 1.54) is 6.07 Å². The molecule has 0 unspecified atom stereocenters. The minimum Gasteiger partial charge on any atom is -0.457 e. The van der Waals surface area contributed by atoms with E-state index in [1.54, 1.807) is 24.3 Å². The summed E-state index contributed by atoms with van der Waals surface area (Å²) in [5.41, 5.74) is 0.631. The van der Waals surface area contributed by atoms with E-state index >= 15 is 0 Å². The van der Waals surface area contributed by atoms with Gasteiger partial charge in [-0.1, -0.05) is 18.7 Å². The number of hydrogen-bond donors (Lipinski definition) is 0. The van der Waals surface area contributed by atoms with Crippen LogP contribution in [0.5, 0.6) is 5.75 Å². The average Bonchev–Trinajstić information content (AvgIpc) is 2.43. The van der Waals surface area contributed by atoms with Crippen molar-refractivity contribution in [2.24, 2.45) is 0 Å². The second kappa shape index (κ2) is 6.73. The molecule has 0 spiro atoms. The van der Waals surface area contributed by atoms with Gasteiger partial charge >= 0.3 is 0 Å². The molecule has 0 aromatic heterocycles. The molecule has 0 saturated carbocycles. The first-order valence-electron chi connectivity index (χ1n) is 5.32. The Bertz CT molecular complexity index is 583. The highest BCUT2D eigenvalue weighted by atomic mass is 16.5. The van der Waals surface area contributed by atoms with Crippen LogP contribution in [0, 0.1) is 22.7 Å². The van der Waals surface area contributed by atoms with Gasteiger partial charge in [-0.2, -0.15) is 10.5 Å². The maximum absolute atomic E-state index is 8.90. The van der Waals surface area contributed by atoms with Gasteiger partial charge in [0.2, 0.25) is 0 Å². The second-order valence-electron chi connectivity index (χ2n) is 3.33. The van der Waals surface area contributed by atoms with E-state index < -0.39 is 0 Å². The van der Waals surface area contributed by atoms with Gasteiger partial charge in [0.1, 0.15) is 23.6 Å². The molecule has 1 aromatic carbocycles. The van der Waals surface area contributed by atoms with Crippen LogP contribution in [-0.4, -0.2) is 0 Å². The van der Waals surface area contributed by atoms with E-state index in [-0.39, 0.29) is 0 Å². The number of hydrogen-bond acceptors (Lipinski definition) is 3. The molecule has 0 aliphatic heterocycles. The van der Waals surface area contributed by atoms with Crippen LogP contribution in [0.2, 0.25) is 0 Å². The van der Waals surface area contributed by atoms with Crippen LogP contribution >= 0.6 is 0 Å². The van der Waals surface area contributed by atoms with Crippen LogP contribution in [-0.2, 0) is 0 Å². The molecule has 0 heterocycles. The fraction of sp³-hybridized carbons (Fsp3) is 0.0667. The molecule has 1 aromatic rings. The molecule has 0 fully saturated rings. The standard InChI is InChI=1S/C15H12N2O/c1-3-5-6-14(4-2)18-15-8-7-12(10-16)13(9-15)11-17/h3-9H,2H2,1H3/b5-3-,14-6+. The van der Waals surface area contributed by atoms with E-state index in [1.807, 2.05) is 31.2 Å². The van der Waals surface area contributed by atoms with Gasteiger partial charge in [0.15, 0.2) is 0 Å². The van der Waals surface area contributed by atoms with Crippen molar-refractivity contribution in [1.29, 1.82) is 10.5 Å². The lowest BCUT2D eigenvalue weighted by Crippen LogP contribution is -1.93. The largest absolute Gasteiger partial charge is 0.457 e. The lowest BCUT2D eigenvalue weighted by atomic mass is 10.1. The first-order chi connectivity index (χ1) is 8.74. The van der Waals surface area contributed by atoms with Crippen molar-refractivity contribution in [2.75, 3.05) is 0 Å². The van der Waals surface area contributed by atoms with Crippen LogP contribution < -0.4 is 4.74 Å². The van der Waals surface area contributed by atoms with Crippen molar-refractivity contribution in [2.45, 2.75) is 6.92 Å². The molecule has 0 aliphatic rings. The smallest absolute Gasteiger partial charge is 0.128 e. The monoisotopic (exact) mass is 236 g/mol. The van der Waals surface area contributed by atoms with Gasteiger partial charge in [0.25, 0.3) is 0 Å². The summed E-state index contributed by atoms with van der Waals surface area (Å²) in [7, 11) is 0. The third-order valence-corrected chi connectivity index (χ3v) is 2.12. The zero-order valence-corrected chi connectivity index (χ0v) is 10.1. The van der Waals surface area contributed by atoms with Gasteiger partial charge in [-0.15, -0.1) is 0 Å². The van der Waals surface area contributed by atoms with E-state index in [9.17, 15) is 0 Å². The van der Waals surface area contributed by atoms with Crippen molar-refractivity contribution in [3.63, 3.8) is 0 Å². The predicted molar refractivity (Wildman–Crippen MR) is 69.6 cm³/mol. The third kappa shape index (κ3) is 3.37.